The van der Waals surface area contributed by atoms with Gasteiger partial charge in [-0.1, -0.05) is 0 Å². The number of carbonyl (C=O) groups excluding carboxylic acids is 3. The number of ether oxygens (including phenoxy) is 2. The van der Waals surface area contributed by atoms with Crippen LogP contribution in [0.5, 0.6) is 5.75 Å². The summed E-state index contributed by atoms with van der Waals surface area (Å²) < 4.78 is 51.4. The van der Waals surface area contributed by atoms with E-state index >= 15 is 0 Å². The fourth-order valence-corrected chi connectivity index (χ4v) is 6.03. The van der Waals surface area contributed by atoms with E-state index in [-0.39, 0.29) is 12.2 Å². The maximum absolute atomic E-state index is 13.3. The zero-order valence-electron chi connectivity index (χ0n) is 24.9. The van der Waals surface area contributed by atoms with Crippen molar-refractivity contribution in [1.29, 1.82) is 0 Å². The van der Waals surface area contributed by atoms with Crippen LogP contribution >= 0.6 is 11.3 Å². The fourth-order valence-electron chi connectivity index (χ4n) is 5.10. The first-order valence-corrected chi connectivity index (χ1v) is 15.2. The van der Waals surface area contributed by atoms with E-state index in [0.29, 0.717) is 67.5 Å². The Morgan fingerprint density at radius 3 is 2.16 bits per heavy atom. The first-order valence-electron chi connectivity index (χ1n) is 14.4. The summed E-state index contributed by atoms with van der Waals surface area (Å²) in [6.45, 7) is 7.08. The number of piperidine rings is 2. The highest BCUT2D eigenvalue weighted by Crippen LogP contribution is 2.33. The van der Waals surface area contributed by atoms with Crippen molar-refractivity contribution >= 4 is 34.2 Å². The lowest BCUT2D eigenvalue weighted by molar-refractivity contribution is -0.188. The molecule has 2 aromatic rings. The van der Waals surface area contributed by atoms with Crippen LogP contribution in [0, 0.1) is 0 Å². The number of amides is 3. The van der Waals surface area contributed by atoms with Gasteiger partial charge in [-0.15, -0.1) is 11.3 Å². The second-order valence-corrected chi connectivity index (χ2v) is 13.1. The lowest BCUT2D eigenvalue weighted by Crippen LogP contribution is -2.53. The van der Waals surface area contributed by atoms with E-state index < -0.39 is 36.2 Å². The number of nitrogens with zero attached hydrogens (tertiary/aromatic N) is 3. The summed E-state index contributed by atoms with van der Waals surface area (Å²) in [7, 11) is 1.87. The lowest BCUT2D eigenvalue weighted by atomic mass is 10.0. The van der Waals surface area contributed by atoms with Crippen molar-refractivity contribution < 1.29 is 37.0 Å². The van der Waals surface area contributed by atoms with E-state index in [1.54, 1.807) is 11.0 Å². The predicted molar refractivity (Wildman–Crippen MR) is 158 cm³/mol. The van der Waals surface area contributed by atoms with Gasteiger partial charge in [0, 0.05) is 36.9 Å². The normalized spacial score (nSPS) is 17.4. The Kier molecular flexibility index (Phi) is 10.3. The number of nitrogens with one attached hydrogen (secondary N) is 1. The van der Waals surface area contributed by atoms with Crippen molar-refractivity contribution in [3.8, 4) is 16.2 Å². The molecule has 0 spiro atoms. The quantitative estimate of drug-likeness (QED) is 0.430. The standard InChI is InChI=1S/C30H39F3N4O5S/c1-29(2,3)42-28(40)36-17-13-23(14-18-36)41-22-7-5-20(6-8-22)24-9-10-26(43-24)34-25(38)19-37(27(39)30(31,32)33)21-11-15-35(4)16-12-21/h5-10,21,23H,11-19H2,1-4H3,(H,34,38). The Hall–Kier alpha value is -3.32. The number of thiophene rings is 1. The third-order valence-electron chi connectivity index (χ3n) is 7.35. The van der Waals surface area contributed by atoms with Gasteiger partial charge in [-0.05, 0) is 95.7 Å². The molecule has 0 radical (unpaired) electrons. The zero-order chi connectivity index (χ0) is 31.4. The number of carbonyl (C=O) groups is 3. The number of anilines is 1. The second-order valence-electron chi connectivity index (χ2n) is 12.0. The van der Waals surface area contributed by atoms with Gasteiger partial charge in [0.2, 0.25) is 5.91 Å². The first kappa shape index (κ1) is 32.6. The van der Waals surface area contributed by atoms with E-state index in [0.717, 1.165) is 10.4 Å². The molecule has 9 nitrogen and oxygen atoms in total. The molecule has 2 aliphatic rings. The van der Waals surface area contributed by atoms with Gasteiger partial charge in [-0.3, -0.25) is 9.59 Å². The van der Waals surface area contributed by atoms with Crippen molar-refractivity contribution in [3.63, 3.8) is 0 Å². The average molecular weight is 625 g/mol. The minimum absolute atomic E-state index is 0.0219. The molecule has 43 heavy (non-hydrogen) atoms. The van der Waals surface area contributed by atoms with Crippen LogP contribution in [-0.2, 0) is 14.3 Å². The molecule has 2 fully saturated rings. The highest BCUT2D eigenvalue weighted by atomic mass is 32.1. The molecular formula is C30H39F3N4O5S. The van der Waals surface area contributed by atoms with Gasteiger partial charge in [0.25, 0.3) is 0 Å². The molecular weight excluding hydrogens is 585 g/mol. The molecule has 3 heterocycles. The van der Waals surface area contributed by atoms with Gasteiger partial charge in [0.05, 0.1) is 5.00 Å². The maximum Gasteiger partial charge on any atom is 0.471 e. The van der Waals surface area contributed by atoms with Crippen LogP contribution in [0.4, 0.5) is 23.0 Å². The first-order chi connectivity index (χ1) is 20.2. The van der Waals surface area contributed by atoms with Crippen LogP contribution in [0.25, 0.3) is 10.4 Å². The van der Waals surface area contributed by atoms with Gasteiger partial charge >= 0.3 is 18.2 Å². The van der Waals surface area contributed by atoms with Crippen LogP contribution in [-0.4, -0.2) is 96.3 Å². The molecule has 13 heteroatoms. The molecule has 1 aromatic carbocycles. The van der Waals surface area contributed by atoms with Crippen LogP contribution in [0.2, 0.25) is 0 Å². The Morgan fingerprint density at radius 2 is 1.58 bits per heavy atom. The average Bonchev–Trinajstić information content (AvgIpc) is 3.39. The highest BCUT2D eigenvalue weighted by Gasteiger charge is 2.45. The number of halogens is 3. The number of rotatable bonds is 7. The summed E-state index contributed by atoms with van der Waals surface area (Å²) in [6, 6.07) is 10.4. The molecule has 4 rings (SSSR count). The molecule has 3 amide bonds. The summed E-state index contributed by atoms with van der Waals surface area (Å²) in [5, 5.41) is 3.12. The Morgan fingerprint density at radius 1 is 0.953 bits per heavy atom. The summed E-state index contributed by atoms with van der Waals surface area (Å²) in [5.74, 6) is -1.96. The third kappa shape index (κ3) is 9.33. The summed E-state index contributed by atoms with van der Waals surface area (Å²) in [5.41, 5.74) is 0.351. The molecule has 1 aromatic heterocycles. The maximum atomic E-state index is 13.3. The molecule has 0 aliphatic carbocycles. The summed E-state index contributed by atoms with van der Waals surface area (Å²) in [4.78, 5) is 42.4. The van der Waals surface area contributed by atoms with Crippen molar-refractivity contribution in [2.75, 3.05) is 45.1 Å². The van der Waals surface area contributed by atoms with Crippen molar-refractivity contribution in [2.24, 2.45) is 0 Å². The minimum atomic E-state index is -5.05. The van der Waals surface area contributed by atoms with Gasteiger partial charge < -0.3 is 29.5 Å². The molecule has 236 valence electrons. The number of alkyl halides is 3. The summed E-state index contributed by atoms with van der Waals surface area (Å²) >= 11 is 1.28. The molecule has 2 saturated heterocycles. The molecule has 0 unspecified atom stereocenters. The molecule has 2 aliphatic heterocycles. The second kappa shape index (κ2) is 13.5. The predicted octanol–water partition coefficient (Wildman–Crippen LogP) is 5.62. The van der Waals surface area contributed by atoms with E-state index in [1.165, 1.54) is 11.3 Å². The fraction of sp³-hybridized carbons (Fsp3) is 0.567. The SMILES string of the molecule is CN1CCC(N(CC(=O)Nc2ccc(-c3ccc(OC4CCN(C(=O)OC(C)(C)C)CC4)cc3)s2)C(=O)C(F)(F)F)CC1. The summed E-state index contributed by atoms with van der Waals surface area (Å²) in [6.07, 6.45) is -3.25. The smallest absolute Gasteiger partial charge is 0.471 e. The molecule has 1 N–H and O–H groups in total. The van der Waals surface area contributed by atoms with Gasteiger partial charge in [-0.25, -0.2) is 4.79 Å². The van der Waals surface area contributed by atoms with Crippen molar-refractivity contribution in [2.45, 2.75) is 70.4 Å². The van der Waals surface area contributed by atoms with Crippen LogP contribution in [0.15, 0.2) is 36.4 Å². The molecule has 0 bridgehead atoms. The van der Waals surface area contributed by atoms with Crippen LogP contribution < -0.4 is 10.1 Å². The number of benzene rings is 1. The zero-order valence-corrected chi connectivity index (χ0v) is 25.7. The Balaban J connectivity index is 1.29. The Labute approximate surface area is 253 Å². The minimum Gasteiger partial charge on any atom is -0.490 e. The van der Waals surface area contributed by atoms with E-state index in [9.17, 15) is 27.6 Å². The van der Waals surface area contributed by atoms with Gasteiger partial charge in [0.1, 0.15) is 24.0 Å². The van der Waals surface area contributed by atoms with E-state index in [2.05, 4.69) is 5.32 Å². The van der Waals surface area contributed by atoms with Crippen LogP contribution in [0.3, 0.4) is 0 Å². The highest BCUT2D eigenvalue weighted by molar-refractivity contribution is 7.19. The third-order valence-corrected chi connectivity index (χ3v) is 8.40. The lowest BCUT2D eigenvalue weighted by Gasteiger charge is -2.37. The number of hydrogen-bond donors (Lipinski definition) is 1. The monoisotopic (exact) mass is 624 g/mol. The van der Waals surface area contributed by atoms with Gasteiger partial charge in [-0.2, -0.15) is 13.2 Å². The van der Waals surface area contributed by atoms with Crippen LogP contribution in [0.1, 0.15) is 46.5 Å². The van der Waals surface area contributed by atoms with E-state index in [1.807, 2.05) is 63.1 Å². The van der Waals surface area contributed by atoms with Crippen molar-refractivity contribution in [1.82, 2.24) is 14.7 Å². The Bertz CT molecular complexity index is 1260. The molecule has 0 saturated carbocycles. The van der Waals surface area contributed by atoms with Crippen molar-refractivity contribution in [3.05, 3.63) is 36.4 Å². The largest absolute Gasteiger partial charge is 0.490 e. The number of likely N-dealkylation sites (tertiary alicyclic amines) is 2. The number of hydrogen-bond acceptors (Lipinski definition) is 7. The van der Waals surface area contributed by atoms with E-state index in [4.69, 9.17) is 9.47 Å². The van der Waals surface area contributed by atoms with Gasteiger partial charge in [0.15, 0.2) is 0 Å². The topological polar surface area (TPSA) is 91.4 Å². The molecule has 0 atom stereocenters.